The lowest BCUT2D eigenvalue weighted by Gasteiger charge is -2.19. The third kappa shape index (κ3) is 2.99. The number of benzene rings is 1. The molecule has 0 amide bonds. The summed E-state index contributed by atoms with van der Waals surface area (Å²) in [6.07, 6.45) is 3.92. The van der Waals surface area contributed by atoms with Crippen LogP contribution in [0.25, 0.3) is 0 Å². The molecule has 2 aliphatic rings. The van der Waals surface area contributed by atoms with Crippen molar-refractivity contribution >= 4 is 5.69 Å². The molecule has 1 aromatic carbocycles. The maximum atomic E-state index is 10.6. The average molecular weight is 275 g/mol. The Bertz CT molecular complexity index is 484. The molecule has 0 bridgehead atoms. The molecule has 0 radical (unpaired) electrons. The Kier molecular flexibility index (Phi) is 3.72. The number of nitrogens with zero attached hydrogens (tertiary/aromatic N) is 2. The SMILES string of the molecule is CC1CC(NCc2ccc([N+](=O)[O-])cc2)CN1C1CC1. The highest BCUT2D eigenvalue weighted by Gasteiger charge is 2.38. The molecule has 1 saturated carbocycles. The summed E-state index contributed by atoms with van der Waals surface area (Å²) in [5, 5.41) is 14.2. The van der Waals surface area contributed by atoms with Gasteiger partial charge in [-0.1, -0.05) is 12.1 Å². The van der Waals surface area contributed by atoms with Crippen LogP contribution in [0.2, 0.25) is 0 Å². The van der Waals surface area contributed by atoms with E-state index in [1.54, 1.807) is 12.1 Å². The monoisotopic (exact) mass is 275 g/mol. The van der Waals surface area contributed by atoms with Crippen LogP contribution >= 0.6 is 0 Å². The van der Waals surface area contributed by atoms with Crippen LogP contribution in [0.5, 0.6) is 0 Å². The van der Waals surface area contributed by atoms with Crippen molar-refractivity contribution in [1.82, 2.24) is 10.2 Å². The topological polar surface area (TPSA) is 58.4 Å². The van der Waals surface area contributed by atoms with Crippen LogP contribution in [0.3, 0.4) is 0 Å². The van der Waals surface area contributed by atoms with Crippen molar-refractivity contribution in [1.29, 1.82) is 0 Å². The lowest BCUT2D eigenvalue weighted by molar-refractivity contribution is -0.384. The third-order valence-corrected chi connectivity index (χ3v) is 4.38. The predicted molar refractivity (Wildman–Crippen MR) is 77.5 cm³/mol. The minimum atomic E-state index is -0.358. The zero-order chi connectivity index (χ0) is 14.1. The fraction of sp³-hybridized carbons (Fsp3) is 0.600. The van der Waals surface area contributed by atoms with Crippen molar-refractivity contribution in [3.05, 3.63) is 39.9 Å². The Morgan fingerprint density at radius 2 is 2.05 bits per heavy atom. The normalized spacial score (nSPS) is 26.9. The van der Waals surface area contributed by atoms with Gasteiger partial charge in [-0.25, -0.2) is 0 Å². The molecule has 0 spiro atoms. The molecule has 5 nitrogen and oxygen atoms in total. The molecule has 1 aliphatic carbocycles. The van der Waals surface area contributed by atoms with Crippen LogP contribution in [0.1, 0.15) is 31.7 Å². The first-order valence-electron chi connectivity index (χ1n) is 7.36. The second-order valence-corrected chi connectivity index (χ2v) is 6.01. The lowest BCUT2D eigenvalue weighted by Crippen LogP contribution is -2.33. The lowest BCUT2D eigenvalue weighted by atomic mass is 10.1. The van der Waals surface area contributed by atoms with E-state index in [2.05, 4.69) is 17.1 Å². The maximum absolute atomic E-state index is 10.6. The largest absolute Gasteiger partial charge is 0.309 e. The van der Waals surface area contributed by atoms with Crippen molar-refractivity contribution in [2.45, 2.75) is 50.9 Å². The minimum absolute atomic E-state index is 0.156. The van der Waals surface area contributed by atoms with Gasteiger partial charge in [0.05, 0.1) is 4.92 Å². The van der Waals surface area contributed by atoms with Gasteiger partial charge in [0.15, 0.2) is 0 Å². The van der Waals surface area contributed by atoms with E-state index in [1.165, 1.54) is 19.3 Å². The van der Waals surface area contributed by atoms with E-state index in [9.17, 15) is 10.1 Å². The third-order valence-electron chi connectivity index (χ3n) is 4.38. The fourth-order valence-electron chi connectivity index (χ4n) is 3.12. The van der Waals surface area contributed by atoms with E-state index >= 15 is 0 Å². The summed E-state index contributed by atoms with van der Waals surface area (Å²) in [7, 11) is 0. The summed E-state index contributed by atoms with van der Waals surface area (Å²) < 4.78 is 0. The Morgan fingerprint density at radius 1 is 1.35 bits per heavy atom. The van der Waals surface area contributed by atoms with Crippen molar-refractivity contribution < 1.29 is 4.92 Å². The van der Waals surface area contributed by atoms with Crippen LogP contribution in [0.15, 0.2) is 24.3 Å². The molecule has 3 rings (SSSR count). The molecule has 1 heterocycles. The summed E-state index contributed by atoms with van der Waals surface area (Å²) in [5.74, 6) is 0. The van der Waals surface area contributed by atoms with Gasteiger partial charge < -0.3 is 5.32 Å². The van der Waals surface area contributed by atoms with E-state index in [1.807, 2.05) is 12.1 Å². The molecule has 1 N–H and O–H groups in total. The Morgan fingerprint density at radius 3 is 2.65 bits per heavy atom. The van der Waals surface area contributed by atoms with Gasteiger partial charge in [-0.15, -0.1) is 0 Å². The standard InChI is InChI=1S/C15H21N3O2/c1-11-8-13(10-17(11)14-6-7-14)16-9-12-2-4-15(5-3-12)18(19)20/h2-5,11,13-14,16H,6-10H2,1H3. The van der Waals surface area contributed by atoms with Crippen molar-refractivity contribution in [3.8, 4) is 0 Å². The zero-order valence-electron chi connectivity index (χ0n) is 11.8. The second-order valence-electron chi connectivity index (χ2n) is 6.01. The van der Waals surface area contributed by atoms with Gasteiger partial charge in [0, 0.05) is 43.3 Å². The molecule has 1 saturated heterocycles. The van der Waals surface area contributed by atoms with E-state index in [0.29, 0.717) is 12.1 Å². The first-order valence-corrected chi connectivity index (χ1v) is 7.36. The van der Waals surface area contributed by atoms with Crippen LogP contribution in [0.4, 0.5) is 5.69 Å². The number of non-ortho nitro benzene ring substituents is 1. The molecule has 108 valence electrons. The molecule has 2 fully saturated rings. The quantitative estimate of drug-likeness (QED) is 0.662. The molecular formula is C15H21N3O2. The number of nitro benzene ring substituents is 1. The highest BCUT2D eigenvalue weighted by Crippen LogP contribution is 2.33. The highest BCUT2D eigenvalue weighted by atomic mass is 16.6. The van der Waals surface area contributed by atoms with Gasteiger partial charge in [0.25, 0.3) is 5.69 Å². The second kappa shape index (κ2) is 5.50. The van der Waals surface area contributed by atoms with Gasteiger partial charge in [-0.3, -0.25) is 15.0 Å². The van der Waals surface area contributed by atoms with Crippen molar-refractivity contribution in [2.75, 3.05) is 6.54 Å². The summed E-state index contributed by atoms with van der Waals surface area (Å²) in [6.45, 7) is 4.23. The van der Waals surface area contributed by atoms with Crippen molar-refractivity contribution in [3.63, 3.8) is 0 Å². The van der Waals surface area contributed by atoms with E-state index < -0.39 is 0 Å². The molecule has 1 aromatic rings. The summed E-state index contributed by atoms with van der Waals surface area (Å²) >= 11 is 0. The van der Waals surface area contributed by atoms with Gasteiger partial charge in [-0.05, 0) is 31.7 Å². The van der Waals surface area contributed by atoms with Gasteiger partial charge in [0.2, 0.25) is 0 Å². The van der Waals surface area contributed by atoms with E-state index in [0.717, 1.165) is 24.7 Å². The number of hydrogen-bond donors (Lipinski definition) is 1. The maximum Gasteiger partial charge on any atom is 0.269 e. The van der Waals surface area contributed by atoms with Crippen LogP contribution < -0.4 is 5.32 Å². The molecule has 1 aliphatic heterocycles. The molecule has 2 atom stereocenters. The number of nitro groups is 1. The van der Waals surface area contributed by atoms with Gasteiger partial charge in [0.1, 0.15) is 0 Å². The number of likely N-dealkylation sites (tertiary alicyclic amines) is 1. The smallest absolute Gasteiger partial charge is 0.269 e. The number of hydrogen-bond acceptors (Lipinski definition) is 4. The highest BCUT2D eigenvalue weighted by molar-refractivity contribution is 5.32. The van der Waals surface area contributed by atoms with Crippen LogP contribution in [-0.2, 0) is 6.54 Å². The molecule has 0 aromatic heterocycles. The fourth-order valence-corrected chi connectivity index (χ4v) is 3.12. The average Bonchev–Trinajstić information content (AvgIpc) is 3.21. The minimum Gasteiger partial charge on any atom is -0.309 e. The van der Waals surface area contributed by atoms with E-state index in [4.69, 9.17) is 0 Å². The molecular weight excluding hydrogens is 254 g/mol. The van der Waals surface area contributed by atoms with Crippen LogP contribution in [0, 0.1) is 10.1 Å². The van der Waals surface area contributed by atoms with Crippen LogP contribution in [-0.4, -0.2) is 34.5 Å². The molecule has 5 heteroatoms. The zero-order valence-corrected chi connectivity index (χ0v) is 11.8. The Labute approximate surface area is 119 Å². The first kappa shape index (κ1) is 13.5. The summed E-state index contributed by atoms with van der Waals surface area (Å²) in [4.78, 5) is 12.9. The number of rotatable bonds is 5. The molecule has 2 unspecified atom stereocenters. The summed E-state index contributed by atoms with van der Waals surface area (Å²) in [6, 6.07) is 8.87. The predicted octanol–water partition coefficient (Wildman–Crippen LogP) is 2.31. The first-order chi connectivity index (χ1) is 9.63. The Balaban J connectivity index is 1.50. The van der Waals surface area contributed by atoms with E-state index in [-0.39, 0.29) is 10.6 Å². The van der Waals surface area contributed by atoms with Gasteiger partial charge >= 0.3 is 0 Å². The van der Waals surface area contributed by atoms with Gasteiger partial charge in [-0.2, -0.15) is 0 Å². The Hall–Kier alpha value is -1.46. The number of nitrogens with one attached hydrogen (secondary N) is 1. The van der Waals surface area contributed by atoms with Crippen molar-refractivity contribution in [2.24, 2.45) is 0 Å². The summed E-state index contributed by atoms with van der Waals surface area (Å²) in [5.41, 5.74) is 1.26. The molecule has 20 heavy (non-hydrogen) atoms.